The zero-order valence-electron chi connectivity index (χ0n) is 12.5. The highest BCUT2D eigenvalue weighted by molar-refractivity contribution is 5.71. The molecule has 2 amide bonds. The van der Waals surface area contributed by atoms with Crippen LogP contribution in [-0.4, -0.2) is 22.3 Å². The first-order valence-corrected chi connectivity index (χ1v) is 6.95. The average Bonchev–Trinajstić information content (AvgIpc) is 2.54. The van der Waals surface area contributed by atoms with Crippen molar-refractivity contribution in [3.05, 3.63) is 66.0 Å². The second-order valence-corrected chi connectivity index (χ2v) is 4.91. The van der Waals surface area contributed by atoms with Crippen LogP contribution in [0.4, 0.5) is 9.18 Å². The first-order valence-electron chi connectivity index (χ1n) is 6.95. The lowest BCUT2D eigenvalue weighted by molar-refractivity contribution is -0.0560. The van der Waals surface area contributed by atoms with E-state index in [-0.39, 0.29) is 5.82 Å². The van der Waals surface area contributed by atoms with Crippen molar-refractivity contribution in [2.24, 2.45) is 5.73 Å². The molecule has 0 bridgehead atoms. The highest BCUT2D eigenvalue weighted by Crippen LogP contribution is 2.23. The summed E-state index contributed by atoms with van der Waals surface area (Å²) < 4.78 is 18.5. The zero-order valence-corrected chi connectivity index (χ0v) is 12.5. The lowest BCUT2D eigenvalue weighted by Gasteiger charge is -2.16. The molecule has 0 saturated carbocycles. The van der Waals surface area contributed by atoms with Crippen molar-refractivity contribution in [3.63, 3.8) is 0 Å². The van der Waals surface area contributed by atoms with Gasteiger partial charge in [-0.15, -0.1) is 0 Å². The van der Waals surface area contributed by atoms with Gasteiger partial charge in [-0.1, -0.05) is 24.3 Å². The molecule has 0 saturated heterocycles. The van der Waals surface area contributed by atoms with Gasteiger partial charge in [0.2, 0.25) is 0 Å². The Hall–Kier alpha value is -2.86. The summed E-state index contributed by atoms with van der Waals surface area (Å²) in [5.41, 5.74) is 5.80. The second-order valence-electron chi connectivity index (χ2n) is 4.91. The van der Waals surface area contributed by atoms with E-state index in [0.29, 0.717) is 16.6 Å². The number of hydrogen-bond acceptors (Lipinski definition) is 3. The predicted molar refractivity (Wildman–Crippen MR) is 84.6 cm³/mol. The van der Waals surface area contributed by atoms with E-state index in [4.69, 9.17) is 10.5 Å². The molecule has 0 aromatic heterocycles. The van der Waals surface area contributed by atoms with Gasteiger partial charge in [0, 0.05) is 0 Å². The van der Waals surface area contributed by atoms with Crippen LogP contribution >= 0.6 is 0 Å². The average molecular weight is 316 g/mol. The van der Waals surface area contributed by atoms with Gasteiger partial charge in [0.25, 0.3) is 0 Å². The van der Waals surface area contributed by atoms with Crippen LogP contribution in [0.5, 0.6) is 11.5 Å². The molecule has 2 aromatic carbocycles. The highest BCUT2D eigenvalue weighted by Gasteiger charge is 2.11. The number of urea groups is 1. The van der Waals surface area contributed by atoms with Gasteiger partial charge in [-0.05, 0) is 48.9 Å². The number of benzene rings is 2. The molecule has 0 heterocycles. The number of nitrogens with zero attached hydrogens (tertiary/aromatic N) is 1. The van der Waals surface area contributed by atoms with E-state index >= 15 is 0 Å². The van der Waals surface area contributed by atoms with E-state index in [1.54, 1.807) is 37.3 Å². The molecule has 0 aliphatic heterocycles. The third-order valence-electron chi connectivity index (χ3n) is 3.09. The molecule has 0 fully saturated rings. The van der Waals surface area contributed by atoms with Crippen LogP contribution < -0.4 is 10.5 Å². The molecular weight excluding hydrogens is 299 g/mol. The van der Waals surface area contributed by atoms with Crippen LogP contribution in [0.1, 0.15) is 12.5 Å². The fourth-order valence-corrected chi connectivity index (χ4v) is 1.85. The fraction of sp³-hybridized carbons (Fsp3) is 0.118. The molecular formula is C17H17FN2O3. The van der Waals surface area contributed by atoms with Crippen LogP contribution in [0.15, 0.2) is 54.6 Å². The lowest BCUT2D eigenvalue weighted by Crippen LogP contribution is -2.38. The summed E-state index contributed by atoms with van der Waals surface area (Å²) in [5, 5.41) is 9.84. The highest BCUT2D eigenvalue weighted by atomic mass is 19.1. The van der Waals surface area contributed by atoms with Gasteiger partial charge in [-0.3, -0.25) is 5.21 Å². The summed E-state index contributed by atoms with van der Waals surface area (Å²) >= 11 is 0. The van der Waals surface area contributed by atoms with Crippen LogP contribution in [0, 0.1) is 5.82 Å². The molecule has 6 heteroatoms. The minimum Gasteiger partial charge on any atom is -0.457 e. The minimum absolute atomic E-state index is 0.328. The number of halogens is 1. The van der Waals surface area contributed by atoms with Crippen molar-refractivity contribution < 1.29 is 19.1 Å². The number of amides is 2. The monoisotopic (exact) mass is 316 g/mol. The van der Waals surface area contributed by atoms with E-state index in [1.165, 1.54) is 24.3 Å². The number of ether oxygens (including phenoxy) is 1. The summed E-state index contributed by atoms with van der Waals surface area (Å²) in [4.78, 5) is 10.9. The molecule has 3 N–H and O–H groups in total. The summed E-state index contributed by atoms with van der Waals surface area (Å²) in [6, 6.07) is 11.4. The molecule has 5 nitrogen and oxygen atoms in total. The van der Waals surface area contributed by atoms with Gasteiger partial charge in [0.15, 0.2) is 0 Å². The largest absolute Gasteiger partial charge is 0.457 e. The third kappa shape index (κ3) is 4.82. The number of hydroxylamine groups is 2. The first-order chi connectivity index (χ1) is 11.0. The van der Waals surface area contributed by atoms with Gasteiger partial charge >= 0.3 is 6.03 Å². The van der Waals surface area contributed by atoms with Crippen molar-refractivity contribution in [1.82, 2.24) is 5.06 Å². The van der Waals surface area contributed by atoms with Crippen molar-refractivity contribution in [2.75, 3.05) is 0 Å². The summed E-state index contributed by atoms with van der Waals surface area (Å²) in [7, 11) is 0. The smallest absolute Gasteiger partial charge is 0.339 e. The molecule has 0 unspecified atom stereocenters. The Balaban J connectivity index is 2.07. The summed E-state index contributed by atoms with van der Waals surface area (Å²) in [6.45, 7) is 1.63. The number of hydrogen-bond donors (Lipinski definition) is 2. The number of nitrogens with two attached hydrogens (primary N) is 1. The predicted octanol–water partition coefficient (Wildman–Crippen LogP) is 3.79. The topological polar surface area (TPSA) is 75.8 Å². The Morgan fingerprint density at radius 3 is 2.61 bits per heavy atom. The maximum absolute atomic E-state index is 12.9. The lowest BCUT2D eigenvalue weighted by atomic mass is 10.1. The van der Waals surface area contributed by atoms with E-state index in [1.807, 2.05) is 6.07 Å². The standard InChI is InChI=1S/C17H17FN2O3/c1-12(20(22)17(19)21)5-6-13-3-2-4-16(11-13)23-15-9-7-14(18)8-10-15/h2-12,22H,1H3,(H2,19,21)/t12-/m1/s1. The van der Waals surface area contributed by atoms with Gasteiger partial charge in [0.1, 0.15) is 17.3 Å². The molecule has 2 aromatic rings. The van der Waals surface area contributed by atoms with Crippen LogP contribution in [-0.2, 0) is 0 Å². The van der Waals surface area contributed by atoms with Crippen molar-refractivity contribution >= 4 is 12.1 Å². The molecule has 1 atom stereocenters. The summed E-state index contributed by atoms with van der Waals surface area (Å²) in [5.74, 6) is 0.782. The van der Waals surface area contributed by atoms with E-state index in [0.717, 1.165) is 5.56 Å². The Kier molecular flexibility index (Phi) is 5.32. The van der Waals surface area contributed by atoms with E-state index in [9.17, 15) is 14.4 Å². The molecule has 0 radical (unpaired) electrons. The molecule has 23 heavy (non-hydrogen) atoms. The number of primary amides is 1. The van der Waals surface area contributed by atoms with Crippen LogP contribution in [0.25, 0.3) is 6.08 Å². The Morgan fingerprint density at radius 1 is 1.26 bits per heavy atom. The minimum atomic E-state index is -0.921. The van der Waals surface area contributed by atoms with Crippen molar-refractivity contribution in [3.8, 4) is 11.5 Å². The van der Waals surface area contributed by atoms with E-state index in [2.05, 4.69) is 0 Å². The summed E-state index contributed by atoms with van der Waals surface area (Å²) in [6.07, 6.45) is 3.36. The van der Waals surface area contributed by atoms with E-state index < -0.39 is 12.1 Å². The SMILES string of the molecule is C[C@H](C=Cc1cccc(Oc2ccc(F)cc2)c1)N(O)C(N)=O. The first kappa shape index (κ1) is 16.5. The van der Waals surface area contributed by atoms with Crippen LogP contribution in [0.2, 0.25) is 0 Å². The maximum atomic E-state index is 12.9. The van der Waals surface area contributed by atoms with Gasteiger partial charge in [-0.25, -0.2) is 9.18 Å². The Bertz CT molecular complexity index is 701. The molecule has 2 rings (SSSR count). The molecule has 0 spiro atoms. The number of carbonyl (C=O) groups is 1. The van der Waals surface area contributed by atoms with Gasteiger partial charge in [-0.2, -0.15) is 5.06 Å². The van der Waals surface area contributed by atoms with Crippen LogP contribution in [0.3, 0.4) is 0 Å². The molecule has 0 aliphatic rings. The number of rotatable bonds is 5. The van der Waals surface area contributed by atoms with Gasteiger partial charge < -0.3 is 10.5 Å². The fourth-order valence-electron chi connectivity index (χ4n) is 1.85. The second kappa shape index (κ2) is 7.42. The Morgan fingerprint density at radius 2 is 1.96 bits per heavy atom. The number of carbonyl (C=O) groups excluding carboxylic acids is 1. The van der Waals surface area contributed by atoms with Crippen molar-refractivity contribution in [1.29, 1.82) is 0 Å². The quantitative estimate of drug-likeness (QED) is 0.651. The van der Waals surface area contributed by atoms with Crippen molar-refractivity contribution in [2.45, 2.75) is 13.0 Å². The maximum Gasteiger partial charge on any atom is 0.339 e. The normalized spacial score (nSPS) is 12.1. The zero-order chi connectivity index (χ0) is 16.8. The Labute approximate surface area is 133 Å². The van der Waals surface area contributed by atoms with Gasteiger partial charge in [0.05, 0.1) is 6.04 Å². The molecule has 120 valence electrons. The molecule has 0 aliphatic carbocycles. The third-order valence-corrected chi connectivity index (χ3v) is 3.09.